The van der Waals surface area contributed by atoms with E-state index in [0.29, 0.717) is 38.3 Å². The van der Waals surface area contributed by atoms with Gasteiger partial charge >= 0.3 is 0 Å². The first-order valence-corrected chi connectivity index (χ1v) is 11.1. The maximum Gasteiger partial charge on any atom is 0.266 e. The molecule has 0 atom stereocenters. The van der Waals surface area contributed by atoms with Crippen molar-refractivity contribution < 1.29 is 4.79 Å². The van der Waals surface area contributed by atoms with E-state index < -0.39 is 0 Å². The number of hydrogen-bond donors (Lipinski definition) is 1. The highest BCUT2D eigenvalue weighted by atomic mass is 35.5. The Balaban J connectivity index is 1.93. The molecule has 0 radical (unpaired) electrons. The maximum atomic E-state index is 13.2. The number of para-hydroxylation sites is 1. The number of nitrogens with one attached hydrogen (secondary N) is 1. The molecule has 0 spiro atoms. The van der Waals surface area contributed by atoms with Gasteiger partial charge in [-0.3, -0.25) is 14.2 Å². The molecule has 8 heteroatoms. The number of fused-ring (bicyclic) bond motifs is 1. The zero-order valence-corrected chi connectivity index (χ0v) is 18.3. The fourth-order valence-electron chi connectivity index (χ4n) is 2.84. The second kappa shape index (κ2) is 10.1. The molecule has 1 heterocycles. The summed E-state index contributed by atoms with van der Waals surface area (Å²) in [6.45, 7) is 2.77. The monoisotopic (exact) mass is 449 g/mol. The summed E-state index contributed by atoms with van der Waals surface area (Å²) >= 11 is 13.4. The fourth-order valence-corrected chi connectivity index (χ4v) is 3.98. The minimum absolute atomic E-state index is 0.0887. The number of thioether (sulfide) groups is 1. The van der Waals surface area contributed by atoms with E-state index in [1.165, 1.54) is 16.3 Å². The van der Waals surface area contributed by atoms with Crippen LogP contribution in [-0.2, 0) is 4.79 Å². The zero-order chi connectivity index (χ0) is 20.8. The highest BCUT2D eigenvalue weighted by Gasteiger charge is 2.15. The minimum Gasteiger partial charge on any atom is -0.355 e. The molecule has 1 N–H and O–H groups in total. The number of rotatable bonds is 8. The molecule has 0 aliphatic carbocycles. The number of benzene rings is 2. The van der Waals surface area contributed by atoms with E-state index in [1.807, 2.05) is 6.07 Å². The summed E-state index contributed by atoms with van der Waals surface area (Å²) < 4.78 is 1.47. The summed E-state index contributed by atoms with van der Waals surface area (Å²) in [4.78, 5) is 30.0. The van der Waals surface area contributed by atoms with E-state index in [1.54, 1.807) is 36.4 Å². The molecule has 0 bridgehead atoms. The highest BCUT2D eigenvalue weighted by molar-refractivity contribution is 7.99. The highest BCUT2D eigenvalue weighted by Crippen LogP contribution is 2.27. The number of carbonyl (C=O) groups is 1. The van der Waals surface area contributed by atoms with Crippen molar-refractivity contribution in [2.75, 3.05) is 12.3 Å². The molecule has 2 aromatic carbocycles. The van der Waals surface area contributed by atoms with E-state index in [2.05, 4.69) is 17.2 Å². The smallest absolute Gasteiger partial charge is 0.266 e. The van der Waals surface area contributed by atoms with Gasteiger partial charge in [0.15, 0.2) is 5.16 Å². The van der Waals surface area contributed by atoms with Gasteiger partial charge in [0.05, 0.1) is 32.4 Å². The third-order valence-electron chi connectivity index (χ3n) is 4.34. The largest absolute Gasteiger partial charge is 0.355 e. The van der Waals surface area contributed by atoms with Gasteiger partial charge in [-0.2, -0.15) is 0 Å². The molecule has 3 rings (SSSR count). The summed E-state index contributed by atoms with van der Waals surface area (Å²) in [7, 11) is 0. The Morgan fingerprint density at radius 3 is 2.69 bits per heavy atom. The van der Waals surface area contributed by atoms with Crippen LogP contribution in [0.5, 0.6) is 0 Å². The molecule has 5 nitrogen and oxygen atoms in total. The Morgan fingerprint density at radius 2 is 1.93 bits per heavy atom. The first-order chi connectivity index (χ1) is 14.0. The fraction of sp³-hybridized carbons (Fsp3) is 0.286. The summed E-state index contributed by atoms with van der Waals surface area (Å²) in [5.41, 5.74) is 0.910. The minimum atomic E-state index is -0.222. The van der Waals surface area contributed by atoms with Crippen molar-refractivity contribution in [2.24, 2.45) is 0 Å². The van der Waals surface area contributed by atoms with E-state index >= 15 is 0 Å². The van der Waals surface area contributed by atoms with Crippen LogP contribution in [0.3, 0.4) is 0 Å². The van der Waals surface area contributed by atoms with E-state index in [-0.39, 0.29) is 17.2 Å². The van der Waals surface area contributed by atoms with Crippen LogP contribution in [0.4, 0.5) is 0 Å². The summed E-state index contributed by atoms with van der Waals surface area (Å²) in [5, 5.41) is 4.56. The van der Waals surface area contributed by atoms with Gasteiger partial charge in [0.25, 0.3) is 5.56 Å². The van der Waals surface area contributed by atoms with Crippen LogP contribution in [-0.4, -0.2) is 27.8 Å². The number of carbonyl (C=O) groups excluding carboxylic acids is 1. The van der Waals surface area contributed by atoms with Crippen molar-refractivity contribution in [3.05, 3.63) is 62.9 Å². The molecule has 1 aromatic heterocycles. The van der Waals surface area contributed by atoms with Crippen molar-refractivity contribution in [1.29, 1.82) is 0 Å². The van der Waals surface area contributed by atoms with Gasteiger partial charge in [0.1, 0.15) is 0 Å². The lowest BCUT2D eigenvalue weighted by molar-refractivity contribution is -0.118. The molecule has 29 heavy (non-hydrogen) atoms. The molecule has 0 aliphatic rings. The molecule has 3 aromatic rings. The summed E-state index contributed by atoms with van der Waals surface area (Å²) in [5.74, 6) is 0.0762. The van der Waals surface area contributed by atoms with Gasteiger partial charge < -0.3 is 5.32 Å². The Hall–Kier alpha value is -2.02. The quantitative estimate of drug-likeness (QED) is 0.295. The van der Waals surface area contributed by atoms with Gasteiger partial charge in [-0.25, -0.2) is 4.98 Å². The lowest BCUT2D eigenvalue weighted by Crippen LogP contribution is -2.27. The predicted octanol–water partition coefficient (Wildman–Crippen LogP) is 5.09. The van der Waals surface area contributed by atoms with Crippen LogP contribution >= 0.6 is 35.0 Å². The predicted molar refractivity (Wildman–Crippen MR) is 121 cm³/mol. The number of nitrogens with zero attached hydrogens (tertiary/aromatic N) is 2. The lowest BCUT2D eigenvalue weighted by Gasteiger charge is -2.14. The van der Waals surface area contributed by atoms with Gasteiger partial charge in [-0.1, -0.05) is 66.9 Å². The van der Waals surface area contributed by atoms with Crippen LogP contribution < -0.4 is 10.9 Å². The average Bonchev–Trinajstić information content (AvgIpc) is 2.72. The maximum absolute atomic E-state index is 13.2. The normalized spacial score (nSPS) is 11.0. The van der Waals surface area contributed by atoms with Crippen molar-refractivity contribution in [2.45, 2.75) is 31.3 Å². The Bertz CT molecular complexity index is 1090. The van der Waals surface area contributed by atoms with Crippen LogP contribution in [0.1, 0.15) is 26.2 Å². The SMILES string of the molecule is CCCCCNC(=O)CSc1nc2ccccc2c(=O)n1-c1ccc(Cl)c(Cl)c1. The molecule has 0 saturated carbocycles. The molecular formula is C21H21Cl2N3O2S. The van der Waals surface area contributed by atoms with Gasteiger partial charge in [-0.05, 0) is 36.8 Å². The number of unbranched alkanes of at least 4 members (excludes halogenated alkanes) is 2. The third-order valence-corrected chi connectivity index (χ3v) is 6.02. The van der Waals surface area contributed by atoms with Gasteiger partial charge in [0, 0.05) is 6.54 Å². The number of hydrogen-bond acceptors (Lipinski definition) is 4. The molecule has 0 saturated heterocycles. The number of amides is 1. The Labute approximate surface area is 183 Å². The second-order valence-corrected chi connectivity index (χ2v) is 8.25. The van der Waals surface area contributed by atoms with E-state index in [4.69, 9.17) is 23.2 Å². The van der Waals surface area contributed by atoms with Crippen molar-refractivity contribution >= 4 is 51.8 Å². The van der Waals surface area contributed by atoms with Gasteiger partial charge in [-0.15, -0.1) is 0 Å². The molecular weight excluding hydrogens is 429 g/mol. The van der Waals surface area contributed by atoms with E-state index in [0.717, 1.165) is 19.3 Å². The lowest BCUT2D eigenvalue weighted by atomic mass is 10.2. The van der Waals surface area contributed by atoms with Crippen LogP contribution in [0, 0.1) is 0 Å². The van der Waals surface area contributed by atoms with Crippen LogP contribution in [0.15, 0.2) is 52.4 Å². The van der Waals surface area contributed by atoms with Crippen molar-refractivity contribution in [1.82, 2.24) is 14.9 Å². The first-order valence-electron chi connectivity index (χ1n) is 9.38. The molecule has 1 amide bonds. The third kappa shape index (κ3) is 5.32. The van der Waals surface area contributed by atoms with E-state index in [9.17, 15) is 9.59 Å². The van der Waals surface area contributed by atoms with Crippen molar-refractivity contribution in [3.63, 3.8) is 0 Å². The summed E-state index contributed by atoms with van der Waals surface area (Å²) in [6.07, 6.45) is 3.13. The number of halogens is 2. The standard InChI is InChI=1S/C21H21Cl2N3O2S/c1-2-3-6-11-24-19(27)13-29-21-25-18-8-5-4-7-15(18)20(28)26(21)14-9-10-16(22)17(23)12-14/h4-5,7-10,12H,2-3,6,11,13H2,1H3,(H,24,27). The molecule has 152 valence electrons. The van der Waals surface area contributed by atoms with Crippen LogP contribution in [0.25, 0.3) is 16.6 Å². The first kappa shape index (κ1) is 21.7. The molecule has 0 fully saturated rings. The zero-order valence-electron chi connectivity index (χ0n) is 16.0. The Kier molecular flexibility index (Phi) is 7.58. The molecule has 0 aliphatic heterocycles. The van der Waals surface area contributed by atoms with Crippen molar-refractivity contribution in [3.8, 4) is 5.69 Å². The second-order valence-electron chi connectivity index (χ2n) is 6.50. The molecule has 0 unspecified atom stereocenters. The summed E-state index contributed by atoms with van der Waals surface area (Å²) in [6, 6.07) is 12.1. The number of aromatic nitrogens is 2. The average molecular weight is 450 g/mol. The van der Waals surface area contributed by atoms with Crippen LogP contribution in [0.2, 0.25) is 10.0 Å². The Morgan fingerprint density at radius 1 is 1.14 bits per heavy atom. The van der Waals surface area contributed by atoms with Gasteiger partial charge in [0.2, 0.25) is 5.91 Å². The topological polar surface area (TPSA) is 64.0 Å².